The summed E-state index contributed by atoms with van der Waals surface area (Å²) in [7, 11) is 1.62. The van der Waals surface area contributed by atoms with Gasteiger partial charge in [0.05, 0.1) is 12.0 Å². The van der Waals surface area contributed by atoms with Crippen LogP contribution in [0.25, 0.3) is 11.1 Å². The van der Waals surface area contributed by atoms with Gasteiger partial charge in [0.1, 0.15) is 17.5 Å². The monoisotopic (exact) mass is 609 g/mol. The molecule has 4 rings (SSSR count). The highest BCUT2D eigenvalue weighted by molar-refractivity contribution is 5.94. The number of alkyl halides is 3. The molecule has 0 saturated heterocycles. The average molecular weight is 610 g/mol. The van der Waals surface area contributed by atoms with Gasteiger partial charge in [-0.25, -0.2) is 0 Å². The van der Waals surface area contributed by atoms with Gasteiger partial charge in [-0.15, -0.1) is 0 Å². The number of benzene rings is 3. The van der Waals surface area contributed by atoms with Crippen LogP contribution in [0, 0.1) is 5.92 Å². The second kappa shape index (κ2) is 14.3. The molecular formula is C36H42F3NO4. The van der Waals surface area contributed by atoms with E-state index in [2.05, 4.69) is 0 Å². The third-order valence-electron chi connectivity index (χ3n) is 7.88. The number of nitrogens with zero attached hydrogens (tertiary/aromatic N) is 1. The van der Waals surface area contributed by atoms with Gasteiger partial charge >= 0.3 is 12.1 Å². The van der Waals surface area contributed by atoms with Gasteiger partial charge in [-0.2, -0.15) is 13.2 Å². The molecule has 1 aliphatic rings. The van der Waals surface area contributed by atoms with Crippen LogP contribution in [-0.2, 0) is 15.7 Å². The Bertz CT molecular complexity index is 1390. The fourth-order valence-corrected chi connectivity index (χ4v) is 5.66. The summed E-state index contributed by atoms with van der Waals surface area (Å²) in [6.07, 6.45) is 1.01. The Morgan fingerprint density at radius 2 is 1.57 bits per heavy atom. The molecule has 8 heteroatoms. The molecule has 3 aromatic rings. The Balaban J connectivity index is 1.53. The Kier molecular flexibility index (Phi) is 10.8. The van der Waals surface area contributed by atoms with E-state index in [-0.39, 0.29) is 30.4 Å². The molecule has 1 unspecified atom stereocenters. The van der Waals surface area contributed by atoms with Crippen molar-refractivity contribution in [2.45, 2.75) is 83.6 Å². The van der Waals surface area contributed by atoms with E-state index in [9.17, 15) is 22.8 Å². The Hall–Kier alpha value is -3.81. The normalized spacial score (nSPS) is 15.0. The summed E-state index contributed by atoms with van der Waals surface area (Å²) in [5, 5.41) is 0. The second-order valence-corrected chi connectivity index (χ2v) is 12.6. The van der Waals surface area contributed by atoms with Gasteiger partial charge in [0, 0.05) is 19.2 Å². The SMILES string of the molecule is CN(CCC(=O)OC(C)(C)C)C(=O)c1ccc(OC(CC2CCCCC2)c2ccc(-c3ccccc3)c(C(F)(F)F)c2)cc1. The molecule has 0 N–H and O–H groups in total. The van der Waals surface area contributed by atoms with Crippen molar-refractivity contribution in [3.63, 3.8) is 0 Å². The lowest BCUT2D eigenvalue weighted by molar-refractivity contribution is -0.155. The first-order valence-electron chi connectivity index (χ1n) is 15.3. The molecule has 1 fully saturated rings. The molecule has 3 aromatic carbocycles. The standard InChI is InChI=1S/C36H42F3NO4/c1-35(2,3)44-33(41)21-22-40(4)34(42)27-15-18-29(19-16-27)43-32(23-25-11-7-5-8-12-25)28-17-20-30(26-13-9-6-10-14-26)31(24-28)36(37,38)39/h6,9-10,13-20,24-25,32H,5,7-8,11-12,21-23H2,1-4H3. The van der Waals surface area contributed by atoms with Gasteiger partial charge in [0.15, 0.2) is 0 Å². The van der Waals surface area contributed by atoms with E-state index in [0.29, 0.717) is 34.8 Å². The van der Waals surface area contributed by atoms with Crippen LogP contribution in [-0.4, -0.2) is 36.0 Å². The Labute approximate surface area is 258 Å². The fourth-order valence-electron chi connectivity index (χ4n) is 5.66. The molecular weight excluding hydrogens is 567 g/mol. The first-order valence-corrected chi connectivity index (χ1v) is 15.3. The average Bonchev–Trinajstić information content (AvgIpc) is 2.99. The third kappa shape index (κ3) is 9.34. The van der Waals surface area contributed by atoms with Crippen molar-refractivity contribution in [1.29, 1.82) is 0 Å². The topological polar surface area (TPSA) is 55.8 Å². The molecule has 1 atom stereocenters. The minimum atomic E-state index is -4.53. The highest BCUT2D eigenvalue weighted by Gasteiger charge is 2.35. The Morgan fingerprint density at radius 1 is 0.909 bits per heavy atom. The van der Waals surface area contributed by atoms with Gasteiger partial charge in [0.2, 0.25) is 0 Å². The highest BCUT2D eigenvalue weighted by Crippen LogP contribution is 2.41. The van der Waals surface area contributed by atoms with Crippen LogP contribution >= 0.6 is 0 Å². The number of ether oxygens (including phenoxy) is 2. The third-order valence-corrected chi connectivity index (χ3v) is 7.88. The predicted octanol–water partition coefficient (Wildman–Crippen LogP) is 9.27. The molecule has 1 aliphatic carbocycles. The van der Waals surface area contributed by atoms with Crippen molar-refractivity contribution in [2.75, 3.05) is 13.6 Å². The van der Waals surface area contributed by atoms with Crippen molar-refractivity contribution in [3.05, 3.63) is 89.5 Å². The molecule has 236 valence electrons. The molecule has 1 amide bonds. The van der Waals surface area contributed by atoms with Crippen molar-refractivity contribution < 1.29 is 32.2 Å². The second-order valence-electron chi connectivity index (χ2n) is 12.6. The lowest BCUT2D eigenvalue weighted by Gasteiger charge is -2.28. The van der Waals surface area contributed by atoms with Crippen LogP contribution in [0.15, 0.2) is 72.8 Å². The number of carbonyl (C=O) groups is 2. The minimum absolute atomic E-state index is 0.0759. The van der Waals surface area contributed by atoms with Crippen molar-refractivity contribution >= 4 is 11.9 Å². The zero-order chi connectivity index (χ0) is 31.9. The predicted molar refractivity (Wildman–Crippen MR) is 165 cm³/mol. The van der Waals surface area contributed by atoms with Crippen molar-refractivity contribution in [3.8, 4) is 16.9 Å². The van der Waals surface area contributed by atoms with E-state index >= 15 is 0 Å². The van der Waals surface area contributed by atoms with E-state index in [1.807, 2.05) is 0 Å². The van der Waals surface area contributed by atoms with E-state index < -0.39 is 23.4 Å². The zero-order valence-corrected chi connectivity index (χ0v) is 26.0. The maximum atomic E-state index is 14.3. The quantitative estimate of drug-likeness (QED) is 0.215. The number of amides is 1. The summed E-state index contributed by atoms with van der Waals surface area (Å²) in [6.45, 7) is 5.57. The lowest BCUT2D eigenvalue weighted by atomic mass is 9.83. The summed E-state index contributed by atoms with van der Waals surface area (Å²) < 4.78 is 54.7. The number of hydrogen-bond acceptors (Lipinski definition) is 4. The molecule has 44 heavy (non-hydrogen) atoms. The number of carbonyl (C=O) groups excluding carboxylic acids is 2. The molecule has 0 bridgehead atoms. The van der Waals surface area contributed by atoms with Crippen molar-refractivity contribution in [2.24, 2.45) is 5.92 Å². The van der Waals surface area contributed by atoms with E-state index in [1.54, 1.807) is 94.5 Å². The first kappa shape index (κ1) is 33.1. The number of rotatable bonds is 10. The van der Waals surface area contributed by atoms with Gasteiger partial charge in [-0.1, -0.05) is 74.6 Å². The molecule has 5 nitrogen and oxygen atoms in total. The highest BCUT2D eigenvalue weighted by atomic mass is 19.4. The maximum absolute atomic E-state index is 14.3. The van der Waals surface area contributed by atoms with Gasteiger partial charge in [-0.3, -0.25) is 9.59 Å². The molecule has 1 saturated carbocycles. The van der Waals surface area contributed by atoms with Crippen LogP contribution in [0.4, 0.5) is 13.2 Å². The van der Waals surface area contributed by atoms with E-state index in [0.717, 1.165) is 25.7 Å². The van der Waals surface area contributed by atoms with Gasteiger partial charge in [0.25, 0.3) is 5.91 Å². The van der Waals surface area contributed by atoms with E-state index in [4.69, 9.17) is 9.47 Å². The summed E-state index contributed by atoms with van der Waals surface area (Å²) >= 11 is 0. The maximum Gasteiger partial charge on any atom is 0.417 e. The summed E-state index contributed by atoms with van der Waals surface area (Å²) in [5.74, 6) is 0.191. The lowest BCUT2D eigenvalue weighted by Crippen LogP contribution is -2.31. The number of hydrogen-bond donors (Lipinski definition) is 0. The van der Waals surface area contributed by atoms with E-state index in [1.165, 1.54) is 17.4 Å². The number of esters is 1. The Morgan fingerprint density at radius 3 is 2.18 bits per heavy atom. The smallest absolute Gasteiger partial charge is 0.417 e. The fraction of sp³-hybridized carbons (Fsp3) is 0.444. The summed E-state index contributed by atoms with van der Waals surface area (Å²) in [4.78, 5) is 26.5. The first-order chi connectivity index (χ1) is 20.8. The largest absolute Gasteiger partial charge is 0.486 e. The molecule has 0 spiro atoms. The molecule has 0 aliphatic heterocycles. The van der Waals surface area contributed by atoms with Crippen LogP contribution in [0.2, 0.25) is 0 Å². The molecule has 0 aromatic heterocycles. The zero-order valence-electron chi connectivity index (χ0n) is 26.0. The minimum Gasteiger partial charge on any atom is -0.486 e. The van der Waals surface area contributed by atoms with Gasteiger partial charge in [-0.05, 0) is 80.1 Å². The van der Waals surface area contributed by atoms with Crippen LogP contribution in [0.1, 0.15) is 93.3 Å². The van der Waals surface area contributed by atoms with Crippen LogP contribution in [0.5, 0.6) is 5.75 Å². The number of halogens is 3. The molecule has 0 heterocycles. The van der Waals surface area contributed by atoms with Gasteiger partial charge < -0.3 is 14.4 Å². The van der Waals surface area contributed by atoms with Crippen LogP contribution < -0.4 is 4.74 Å². The summed E-state index contributed by atoms with van der Waals surface area (Å²) in [5.41, 5.74) is 0.255. The molecule has 0 radical (unpaired) electrons. The van der Waals surface area contributed by atoms with Crippen LogP contribution in [0.3, 0.4) is 0 Å². The summed E-state index contributed by atoms with van der Waals surface area (Å²) in [6, 6.07) is 19.7. The van der Waals surface area contributed by atoms with Crippen molar-refractivity contribution in [1.82, 2.24) is 4.90 Å².